The van der Waals surface area contributed by atoms with Crippen LogP contribution in [0.15, 0.2) is 40.8 Å². The third-order valence-electron chi connectivity index (χ3n) is 4.08. The first-order chi connectivity index (χ1) is 11.1. The highest BCUT2D eigenvalue weighted by molar-refractivity contribution is 6.31. The van der Waals surface area contributed by atoms with Gasteiger partial charge in [0, 0.05) is 17.6 Å². The van der Waals surface area contributed by atoms with Crippen molar-refractivity contribution in [3.63, 3.8) is 0 Å². The Morgan fingerprint density at radius 1 is 1.22 bits per heavy atom. The summed E-state index contributed by atoms with van der Waals surface area (Å²) in [7, 11) is 0. The highest BCUT2D eigenvalue weighted by Crippen LogP contribution is 2.26. The van der Waals surface area contributed by atoms with Gasteiger partial charge in [0.05, 0.1) is 0 Å². The van der Waals surface area contributed by atoms with Crippen molar-refractivity contribution in [1.82, 2.24) is 4.90 Å². The van der Waals surface area contributed by atoms with Gasteiger partial charge in [0.15, 0.2) is 5.76 Å². The van der Waals surface area contributed by atoms with E-state index in [1.54, 1.807) is 4.90 Å². The number of nitrogens with zero attached hydrogens (tertiary/aromatic N) is 1. The molecule has 5 nitrogen and oxygen atoms in total. The second-order valence-corrected chi connectivity index (χ2v) is 5.97. The minimum atomic E-state index is -1.18. The van der Waals surface area contributed by atoms with Gasteiger partial charge in [-0.3, -0.25) is 4.79 Å². The summed E-state index contributed by atoms with van der Waals surface area (Å²) >= 11 is 6.20. The van der Waals surface area contributed by atoms with Crippen LogP contribution in [0.5, 0.6) is 0 Å². The highest BCUT2D eigenvalue weighted by Gasteiger charge is 2.31. The molecule has 2 aromatic rings. The van der Waals surface area contributed by atoms with Crippen LogP contribution in [0, 0.1) is 0 Å². The van der Waals surface area contributed by atoms with Crippen LogP contribution in [0.25, 0.3) is 0 Å². The van der Waals surface area contributed by atoms with Gasteiger partial charge < -0.3 is 14.4 Å². The van der Waals surface area contributed by atoms with Gasteiger partial charge in [-0.15, -0.1) is 0 Å². The molecule has 1 aromatic heterocycles. The Labute approximate surface area is 138 Å². The summed E-state index contributed by atoms with van der Waals surface area (Å²) in [5.74, 6) is -1.62. The molecule has 0 unspecified atom stereocenters. The van der Waals surface area contributed by atoms with E-state index in [-0.39, 0.29) is 23.5 Å². The summed E-state index contributed by atoms with van der Waals surface area (Å²) in [4.78, 5) is 25.2. The van der Waals surface area contributed by atoms with E-state index in [0.29, 0.717) is 18.0 Å². The van der Waals surface area contributed by atoms with Crippen LogP contribution in [-0.4, -0.2) is 34.5 Å². The Balaban J connectivity index is 1.76. The van der Waals surface area contributed by atoms with Gasteiger partial charge in [-0.2, -0.15) is 0 Å². The molecule has 6 heteroatoms. The van der Waals surface area contributed by atoms with Gasteiger partial charge in [-0.1, -0.05) is 29.8 Å². The van der Waals surface area contributed by atoms with Gasteiger partial charge >= 0.3 is 5.97 Å². The predicted molar refractivity (Wildman–Crippen MR) is 84.9 cm³/mol. The second-order valence-electron chi connectivity index (χ2n) is 5.56. The number of hydrogen-bond donors (Lipinski definition) is 1. The van der Waals surface area contributed by atoms with Gasteiger partial charge in [-0.25, -0.2) is 4.79 Å². The lowest BCUT2D eigenvalue weighted by molar-refractivity contribution is 0.0646. The molecule has 1 N–H and O–H groups in total. The van der Waals surface area contributed by atoms with E-state index >= 15 is 0 Å². The van der Waals surface area contributed by atoms with E-state index in [1.165, 1.54) is 12.1 Å². The number of furan rings is 1. The number of carboxylic acids is 1. The number of aromatic carboxylic acids is 1. The number of likely N-dealkylation sites (tertiary alicyclic amines) is 1. The fraction of sp³-hybridized carbons (Fsp3) is 0.294. The zero-order valence-corrected chi connectivity index (χ0v) is 13.1. The fourth-order valence-corrected chi connectivity index (χ4v) is 3.16. The van der Waals surface area contributed by atoms with Crippen molar-refractivity contribution in [2.45, 2.75) is 25.3 Å². The molecule has 2 heterocycles. The van der Waals surface area contributed by atoms with Crippen molar-refractivity contribution in [2.75, 3.05) is 6.54 Å². The summed E-state index contributed by atoms with van der Waals surface area (Å²) in [6, 6.07) is 10.3. The molecule has 1 fully saturated rings. The van der Waals surface area contributed by atoms with Crippen LogP contribution in [0.1, 0.15) is 39.5 Å². The standard InChI is InChI=1S/C17H16ClNO4/c18-13-6-2-1-4-11(13)10-12-5-3-9-19(12)16(20)14-7-8-15(23-14)17(21)22/h1-2,4,6-8,12H,3,5,9-10H2,(H,21,22)/t12-/m0/s1. The normalized spacial score (nSPS) is 17.4. The molecular weight excluding hydrogens is 318 g/mol. The third-order valence-corrected chi connectivity index (χ3v) is 4.45. The molecule has 120 valence electrons. The molecule has 23 heavy (non-hydrogen) atoms. The van der Waals surface area contributed by atoms with Gasteiger partial charge in [0.2, 0.25) is 5.76 Å². The monoisotopic (exact) mass is 333 g/mol. The predicted octanol–water partition coefficient (Wildman–Crippen LogP) is 3.48. The van der Waals surface area contributed by atoms with E-state index in [1.807, 2.05) is 24.3 Å². The lowest BCUT2D eigenvalue weighted by atomic mass is 10.0. The Kier molecular flexibility index (Phi) is 4.39. The molecule has 1 saturated heterocycles. The molecule has 1 amide bonds. The van der Waals surface area contributed by atoms with Crippen molar-refractivity contribution in [3.8, 4) is 0 Å². The van der Waals surface area contributed by atoms with E-state index < -0.39 is 5.97 Å². The molecule has 1 aromatic carbocycles. The molecule has 1 aliphatic rings. The second kappa shape index (κ2) is 6.46. The summed E-state index contributed by atoms with van der Waals surface area (Å²) < 4.78 is 5.12. The van der Waals surface area contributed by atoms with Crippen LogP contribution in [0.2, 0.25) is 5.02 Å². The molecule has 0 saturated carbocycles. The Hall–Kier alpha value is -2.27. The minimum Gasteiger partial charge on any atom is -0.475 e. The smallest absolute Gasteiger partial charge is 0.371 e. The molecular formula is C17H16ClNO4. The highest BCUT2D eigenvalue weighted by atomic mass is 35.5. The van der Waals surface area contributed by atoms with Crippen molar-refractivity contribution < 1.29 is 19.1 Å². The summed E-state index contributed by atoms with van der Waals surface area (Å²) in [5, 5.41) is 9.58. The van der Waals surface area contributed by atoms with E-state index in [2.05, 4.69) is 0 Å². The Bertz CT molecular complexity index is 740. The van der Waals surface area contributed by atoms with Crippen LogP contribution >= 0.6 is 11.6 Å². The number of amides is 1. The molecule has 1 atom stereocenters. The molecule has 3 rings (SSSR count). The fourth-order valence-electron chi connectivity index (χ4n) is 2.94. The van der Waals surface area contributed by atoms with E-state index in [4.69, 9.17) is 21.1 Å². The number of hydrogen-bond acceptors (Lipinski definition) is 3. The van der Waals surface area contributed by atoms with Crippen LogP contribution in [0.4, 0.5) is 0 Å². The largest absolute Gasteiger partial charge is 0.475 e. The van der Waals surface area contributed by atoms with Crippen molar-refractivity contribution >= 4 is 23.5 Å². The zero-order chi connectivity index (χ0) is 16.4. The third kappa shape index (κ3) is 3.24. The first-order valence-electron chi connectivity index (χ1n) is 7.44. The maximum Gasteiger partial charge on any atom is 0.371 e. The maximum atomic E-state index is 12.6. The van der Waals surface area contributed by atoms with Crippen molar-refractivity contribution in [3.05, 3.63) is 58.5 Å². The number of carboxylic acid groups (broad SMARTS) is 1. The quantitative estimate of drug-likeness (QED) is 0.929. The average Bonchev–Trinajstić information content (AvgIpc) is 3.18. The number of carbonyl (C=O) groups excluding carboxylic acids is 1. The molecule has 1 aliphatic heterocycles. The van der Waals surface area contributed by atoms with Crippen molar-refractivity contribution in [1.29, 1.82) is 0 Å². The first-order valence-corrected chi connectivity index (χ1v) is 7.81. The maximum absolute atomic E-state index is 12.6. The number of rotatable bonds is 4. The number of halogens is 1. The lowest BCUT2D eigenvalue weighted by Gasteiger charge is -2.24. The van der Waals surface area contributed by atoms with Gasteiger partial charge in [0.1, 0.15) is 0 Å². The van der Waals surface area contributed by atoms with E-state index in [9.17, 15) is 9.59 Å². The summed E-state index contributed by atoms with van der Waals surface area (Å²) in [6.07, 6.45) is 2.48. The molecule has 0 aliphatic carbocycles. The van der Waals surface area contributed by atoms with Gasteiger partial charge in [0.25, 0.3) is 5.91 Å². The minimum absolute atomic E-state index is 0.0424. The topological polar surface area (TPSA) is 70.8 Å². The zero-order valence-electron chi connectivity index (χ0n) is 12.4. The SMILES string of the molecule is O=C(O)c1ccc(C(=O)N2CCC[C@H]2Cc2ccccc2Cl)o1. The Morgan fingerprint density at radius 3 is 2.65 bits per heavy atom. The van der Waals surface area contributed by atoms with Crippen LogP contribution in [0.3, 0.4) is 0 Å². The molecule has 0 spiro atoms. The Morgan fingerprint density at radius 2 is 1.96 bits per heavy atom. The molecule has 0 bridgehead atoms. The number of carbonyl (C=O) groups is 2. The van der Waals surface area contributed by atoms with Crippen LogP contribution in [-0.2, 0) is 6.42 Å². The summed E-state index contributed by atoms with van der Waals surface area (Å²) in [5.41, 5.74) is 1.00. The van der Waals surface area contributed by atoms with Crippen LogP contribution < -0.4 is 0 Å². The summed E-state index contributed by atoms with van der Waals surface area (Å²) in [6.45, 7) is 0.636. The van der Waals surface area contributed by atoms with Gasteiger partial charge in [-0.05, 0) is 43.0 Å². The number of benzene rings is 1. The molecule has 0 radical (unpaired) electrons. The first kappa shape index (κ1) is 15.6. The lowest BCUT2D eigenvalue weighted by Crippen LogP contribution is -2.36. The average molecular weight is 334 g/mol. The van der Waals surface area contributed by atoms with Crippen molar-refractivity contribution in [2.24, 2.45) is 0 Å². The van der Waals surface area contributed by atoms with E-state index in [0.717, 1.165) is 18.4 Å².